The summed E-state index contributed by atoms with van der Waals surface area (Å²) < 4.78 is 55.0. The van der Waals surface area contributed by atoms with Crippen molar-refractivity contribution in [3.8, 4) is 0 Å². The Balaban J connectivity index is 3.44. The van der Waals surface area contributed by atoms with Crippen LogP contribution in [-0.4, -0.2) is 22.1 Å². The summed E-state index contributed by atoms with van der Waals surface area (Å²) in [6.07, 6.45) is 0. The van der Waals surface area contributed by atoms with E-state index in [0.29, 0.717) is 0 Å². The summed E-state index contributed by atoms with van der Waals surface area (Å²) >= 11 is -10.7. The standard InChI is InChI=1S/H2O3.6H2O.2Ti/c1-3-2;;;;;;;;/h1-2H;6*1H2;;/q;;;;;;;2*+4/p-8. The molecule has 0 aliphatic rings. The first kappa shape index (κ1) is 12.1. The summed E-state index contributed by atoms with van der Waals surface area (Å²) in [5, 5.41) is 3.23. The summed E-state index contributed by atoms with van der Waals surface area (Å²) in [5.74, 6) is 0. The van der Waals surface area contributed by atoms with E-state index in [-0.39, 0.29) is 0 Å². The Morgan fingerprint density at radius 3 is 1.09 bits per heavy atom. The van der Waals surface area contributed by atoms with Crippen LogP contribution < -0.4 is 0 Å². The van der Waals surface area contributed by atoms with Crippen LogP contribution in [0, 0.1) is 0 Å². The Kier molecular flexibility index (Phi) is 4.77. The van der Waals surface area contributed by atoms with E-state index in [1.165, 1.54) is 0 Å². The molecule has 0 aliphatic carbocycles. The van der Waals surface area contributed by atoms with Gasteiger partial charge in [0.15, 0.2) is 0 Å². The summed E-state index contributed by atoms with van der Waals surface area (Å²) in [7, 11) is 0. The van der Waals surface area contributed by atoms with E-state index in [4.69, 9.17) is 22.1 Å². The average Bonchev–Trinajstić information content (AvgIpc) is 1.55. The third-order valence-electron chi connectivity index (χ3n) is 0.292. The molecule has 0 heterocycles. The van der Waals surface area contributed by atoms with Crippen molar-refractivity contribution >= 4 is 0 Å². The first-order valence-electron chi connectivity index (χ1n) is 2.08. The SMILES string of the molecule is [OH][Ti]([OH])([OH])[O]O[O][Ti]([OH])([OH])[OH]. The third kappa shape index (κ3) is 11.1. The molecule has 11 heavy (non-hydrogen) atoms. The first-order valence-corrected chi connectivity index (χ1v) is 7.55. The summed E-state index contributed by atoms with van der Waals surface area (Å²) in [6.45, 7) is 0. The van der Waals surface area contributed by atoms with E-state index in [0.717, 1.165) is 0 Å². The minimum absolute atomic E-state index is 3.23. The molecular formula is H6O9Ti2. The molecule has 6 N–H and O–H groups in total. The molecule has 0 saturated carbocycles. The molecule has 0 amide bonds. The number of hydrogen-bond acceptors (Lipinski definition) is 9. The average molecular weight is 246 g/mol. The predicted octanol–water partition coefficient (Wildman–Crippen LogP) is -3.55. The second-order valence-electron chi connectivity index (χ2n) is 1.38. The molecule has 68 valence electrons. The van der Waals surface area contributed by atoms with Gasteiger partial charge >= 0.3 is 70.4 Å². The third-order valence-corrected chi connectivity index (χ3v) is 1.20. The van der Waals surface area contributed by atoms with E-state index >= 15 is 0 Å². The van der Waals surface area contributed by atoms with Crippen LogP contribution in [0.4, 0.5) is 0 Å². The number of rotatable bonds is 4. The fraction of sp³-hybridized carbons (Fsp3) is 0. The zero-order valence-electron chi connectivity index (χ0n) is 4.91. The van der Waals surface area contributed by atoms with E-state index < -0.39 is 36.3 Å². The van der Waals surface area contributed by atoms with E-state index in [1.54, 1.807) is 0 Å². The van der Waals surface area contributed by atoms with Gasteiger partial charge in [-0.3, -0.25) is 0 Å². The van der Waals surface area contributed by atoms with Gasteiger partial charge < -0.3 is 0 Å². The van der Waals surface area contributed by atoms with Gasteiger partial charge in [0.2, 0.25) is 0 Å². The maximum atomic E-state index is 8.06. The van der Waals surface area contributed by atoms with Crippen LogP contribution in [0.25, 0.3) is 0 Å². The van der Waals surface area contributed by atoms with Crippen molar-refractivity contribution in [1.29, 1.82) is 0 Å². The molecule has 0 rings (SSSR count). The molecule has 0 aromatic rings. The molecule has 11 heteroatoms. The van der Waals surface area contributed by atoms with Crippen molar-refractivity contribution in [3.05, 3.63) is 0 Å². The Morgan fingerprint density at radius 2 is 0.909 bits per heavy atom. The van der Waals surface area contributed by atoms with Crippen LogP contribution in [-0.2, 0) is 48.3 Å². The van der Waals surface area contributed by atoms with E-state index in [9.17, 15) is 0 Å². The summed E-state index contributed by atoms with van der Waals surface area (Å²) in [5.41, 5.74) is 0. The van der Waals surface area contributed by atoms with E-state index in [1.807, 2.05) is 0 Å². The predicted molar refractivity (Wildman–Crippen MR) is 16.6 cm³/mol. The van der Waals surface area contributed by atoms with Crippen molar-refractivity contribution in [2.24, 2.45) is 0 Å². The van der Waals surface area contributed by atoms with Crippen molar-refractivity contribution < 1.29 is 70.4 Å². The summed E-state index contributed by atoms with van der Waals surface area (Å²) in [6, 6.07) is 0. The maximum absolute atomic E-state index is 8.06. The zero-order chi connectivity index (χ0) is 9.12. The van der Waals surface area contributed by atoms with Gasteiger partial charge in [-0.05, 0) is 0 Å². The second kappa shape index (κ2) is 4.35. The molecular weight excluding hydrogens is 240 g/mol. The zero-order valence-corrected chi connectivity index (χ0v) is 8.03. The van der Waals surface area contributed by atoms with Gasteiger partial charge in [0.25, 0.3) is 0 Å². The van der Waals surface area contributed by atoms with Crippen LogP contribution in [0.15, 0.2) is 0 Å². The van der Waals surface area contributed by atoms with Gasteiger partial charge in [-0.1, -0.05) is 0 Å². The molecule has 0 aliphatic heterocycles. The molecule has 0 spiro atoms. The van der Waals surface area contributed by atoms with Gasteiger partial charge in [-0.25, -0.2) is 0 Å². The van der Waals surface area contributed by atoms with Crippen molar-refractivity contribution in [1.82, 2.24) is 0 Å². The molecule has 0 bridgehead atoms. The normalized spacial score (nSPS) is 13.6. The fourth-order valence-electron chi connectivity index (χ4n) is 0.108. The molecule has 0 fully saturated rings. The Bertz CT molecular complexity index is 91.7. The molecule has 0 aromatic carbocycles. The van der Waals surface area contributed by atoms with Gasteiger partial charge in [-0.15, -0.1) is 0 Å². The molecule has 0 radical (unpaired) electrons. The number of hydrogen-bond donors (Lipinski definition) is 6. The minimum atomic E-state index is -5.35. The monoisotopic (exact) mass is 246 g/mol. The molecule has 0 atom stereocenters. The molecule has 0 aromatic heterocycles. The van der Waals surface area contributed by atoms with Crippen molar-refractivity contribution in [2.75, 3.05) is 0 Å². The van der Waals surface area contributed by atoms with Crippen LogP contribution in [0.5, 0.6) is 0 Å². The second-order valence-corrected chi connectivity index (χ2v) is 5.49. The van der Waals surface area contributed by atoms with Crippen LogP contribution >= 0.6 is 0 Å². The van der Waals surface area contributed by atoms with E-state index in [2.05, 4.69) is 12.0 Å². The Labute approximate surface area is 70.4 Å². The van der Waals surface area contributed by atoms with Gasteiger partial charge in [-0.2, -0.15) is 0 Å². The Hall–Kier alpha value is 1.07. The van der Waals surface area contributed by atoms with Crippen LogP contribution in [0.3, 0.4) is 0 Å². The quantitative estimate of drug-likeness (QED) is 0.168. The molecule has 0 unspecified atom stereocenters. The van der Waals surface area contributed by atoms with Gasteiger partial charge in [0.1, 0.15) is 0 Å². The van der Waals surface area contributed by atoms with Gasteiger partial charge in [0, 0.05) is 0 Å². The van der Waals surface area contributed by atoms with Crippen molar-refractivity contribution in [2.45, 2.75) is 0 Å². The summed E-state index contributed by atoms with van der Waals surface area (Å²) in [4.78, 5) is 0. The van der Waals surface area contributed by atoms with Crippen molar-refractivity contribution in [3.63, 3.8) is 0 Å². The molecule has 0 saturated heterocycles. The van der Waals surface area contributed by atoms with Gasteiger partial charge in [0.05, 0.1) is 0 Å². The first-order chi connectivity index (χ1) is 4.71. The fourth-order valence-corrected chi connectivity index (χ4v) is 0.666. The topological polar surface area (TPSA) is 149 Å². The Morgan fingerprint density at radius 1 is 0.636 bits per heavy atom. The van der Waals surface area contributed by atoms with Crippen LogP contribution in [0.1, 0.15) is 0 Å². The van der Waals surface area contributed by atoms with Crippen LogP contribution in [0.2, 0.25) is 0 Å². The molecule has 9 nitrogen and oxygen atoms in total.